The fourth-order valence-corrected chi connectivity index (χ4v) is 7.36. The molecule has 0 unspecified atom stereocenters. The standard InChI is InChI=1S/C48H72N2.2CH3.Pd/c1-4-7-9-10-11-12-13-14-15-16-17-18-19-20-21-22-23-24-25-26-27-28-29-30-34-44-35-31-32-36-46(44)47-41-43(6-3)48(50(47)49)45-39-37-42(38-40-45)33-8-5-2;;;/h31-32,35-41H,4-27,30,33-34H2,1-3H3;2*1H3;/q;2*-1;+2. The molecule has 1 aliphatic rings. The fraction of sp³-hybridized carbons (Fsp3) is 0.600. The third-order valence-electron chi connectivity index (χ3n) is 10.6. The summed E-state index contributed by atoms with van der Waals surface area (Å²) < 4.78 is 1.42. The van der Waals surface area contributed by atoms with Crippen LogP contribution < -0.4 is 0 Å². The summed E-state index contributed by atoms with van der Waals surface area (Å²) in [7, 11) is 0. The quantitative estimate of drug-likeness (QED) is 0.0269. The summed E-state index contributed by atoms with van der Waals surface area (Å²) in [5.74, 6) is 6.88. The number of aryl methyl sites for hydroxylation is 2. The average molecular weight is 814 g/mol. The van der Waals surface area contributed by atoms with Gasteiger partial charge in [0.2, 0.25) is 11.4 Å². The van der Waals surface area contributed by atoms with Gasteiger partial charge in [0.15, 0.2) is 0 Å². The molecule has 0 N–H and O–H groups in total. The van der Waals surface area contributed by atoms with E-state index in [-0.39, 0.29) is 35.3 Å². The van der Waals surface area contributed by atoms with E-state index < -0.39 is 0 Å². The minimum atomic E-state index is 0. The van der Waals surface area contributed by atoms with Crippen LogP contribution in [0.1, 0.15) is 204 Å². The second-order valence-electron chi connectivity index (χ2n) is 14.8. The molecule has 0 bridgehead atoms. The van der Waals surface area contributed by atoms with Crippen LogP contribution in [0.2, 0.25) is 0 Å². The zero-order valence-electron chi connectivity index (χ0n) is 35.0. The van der Waals surface area contributed by atoms with Gasteiger partial charge in [0.05, 0.1) is 0 Å². The zero-order valence-corrected chi connectivity index (χ0v) is 36.6. The molecule has 298 valence electrons. The van der Waals surface area contributed by atoms with Crippen LogP contribution in [0.4, 0.5) is 0 Å². The van der Waals surface area contributed by atoms with E-state index in [1.54, 1.807) is 0 Å². The summed E-state index contributed by atoms with van der Waals surface area (Å²) in [5.41, 5.74) is 19.2. The maximum atomic E-state index is 11.4. The van der Waals surface area contributed by atoms with E-state index >= 15 is 0 Å². The normalized spacial score (nSPS) is 12.1. The SMILES string of the molecule is CCCCCCCCCCCCCCCCCCCCCCC#CCCc1ccccc1C1=CC(CC)=C(c2ccc(CCCC)cc2)[N+]1=[N-].[CH3-].[CH3-].[Pd+2]. The maximum absolute atomic E-state index is 11.4. The van der Waals surface area contributed by atoms with Gasteiger partial charge in [0.25, 0.3) is 0 Å². The Kier molecular flexibility index (Phi) is 31.7. The topological polar surface area (TPSA) is 25.3 Å². The Morgan fingerprint density at radius 3 is 1.51 bits per heavy atom. The van der Waals surface area contributed by atoms with Crippen LogP contribution in [-0.2, 0) is 33.3 Å². The first-order valence-corrected chi connectivity index (χ1v) is 21.3. The van der Waals surface area contributed by atoms with E-state index in [9.17, 15) is 5.53 Å². The first-order chi connectivity index (χ1) is 24.7. The van der Waals surface area contributed by atoms with E-state index in [4.69, 9.17) is 0 Å². The minimum Gasteiger partial charge on any atom is -0.493 e. The molecule has 0 fully saturated rings. The number of benzene rings is 2. The second-order valence-corrected chi connectivity index (χ2v) is 14.8. The average Bonchev–Trinajstić information content (AvgIpc) is 3.48. The van der Waals surface area contributed by atoms with Crippen molar-refractivity contribution in [2.75, 3.05) is 0 Å². The molecule has 0 aromatic heterocycles. The van der Waals surface area contributed by atoms with E-state index in [0.717, 1.165) is 54.6 Å². The van der Waals surface area contributed by atoms with Crippen molar-refractivity contribution in [2.24, 2.45) is 0 Å². The summed E-state index contributed by atoms with van der Waals surface area (Å²) in [5, 5.41) is 0. The van der Waals surface area contributed by atoms with E-state index in [1.807, 2.05) is 0 Å². The second kappa shape index (κ2) is 33.1. The molecule has 3 heteroatoms. The molecule has 3 rings (SSSR count). The van der Waals surface area contributed by atoms with Crippen LogP contribution in [0.3, 0.4) is 0 Å². The van der Waals surface area contributed by atoms with Gasteiger partial charge in [-0.3, -0.25) is 0 Å². The van der Waals surface area contributed by atoms with Crippen molar-refractivity contribution < 1.29 is 25.1 Å². The molecule has 0 saturated heterocycles. The molecule has 0 atom stereocenters. The zero-order chi connectivity index (χ0) is 35.5. The Labute approximate surface area is 343 Å². The van der Waals surface area contributed by atoms with E-state index in [1.165, 1.54) is 163 Å². The van der Waals surface area contributed by atoms with Gasteiger partial charge in [0, 0.05) is 35.6 Å². The number of hydrogen-bond donors (Lipinski definition) is 0. The molecule has 0 amide bonds. The van der Waals surface area contributed by atoms with Crippen LogP contribution >= 0.6 is 0 Å². The number of unbranched alkanes of at least 4 members (excludes halogenated alkanes) is 21. The number of hydrogen-bond acceptors (Lipinski definition) is 0. The predicted molar refractivity (Wildman–Crippen MR) is 232 cm³/mol. The molecule has 0 saturated carbocycles. The van der Waals surface area contributed by atoms with Crippen molar-refractivity contribution in [1.29, 1.82) is 0 Å². The van der Waals surface area contributed by atoms with Crippen molar-refractivity contribution in [3.05, 3.63) is 103 Å². The van der Waals surface area contributed by atoms with Crippen molar-refractivity contribution in [3.8, 4) is 11.8 Å². The molecule has 2 aromatic rings. The fourth-order valence-electron chi connectivity index (χ4n) is 7.36. The molecule has 0 aliphatic carbocycles. The smallest absolute Gasteiger partial charge is 0.493 e. The first kappa shape index (κ1) is 50.7. The van der Waals surface area contributed by atoms with Gasteiger partial charge in [-0.25, -0.2) is 4.70 Å². The summed E-state index contributed by atoms with van der Waals surface area (Å²) in [4.78, 5) is 0. The van der Waals surface area contributed by atoms with Crippen LogP contribution in [-0.4, -0.2) is 4.70 Å². The van der Waals surface area contributed by atoms with Crippen LogP contribution in [0, 0.1) is 26.7 Å². The van der Waals surface area contributed by atoms with Gasteiger partial charge in [-0.05, 0) is 61.4 Å². The Morgan fingerprint density at radius 1 is 0.528 bits per heavy atom. The molecule has 1 heterocycles. The Bertz CT molecular complexity index is 1340. The van der Waals surface area contributed by atoms with Crippen molar-refractivity contribution in [2.45, 2.75) is 194 Å². The Balaban J connectivity index is 0.00000901. The Hall–Kier alpha value is -2.26. The third kappa shape index (κ3) is 20.3. The molecule has 1 aliphatic heterocycles. The van der Waals surface area contributed by atoms with Crippen LogP contribution in [0.15, 0.2) is 60.2 Å². The van der Waals surface area contributed by atoms with Crippen LogP contribution in [0.25, 0.3) is 16.9 Å². The monoisotopic (exact) mass is 813 g/mol. The van der Waals surface area contributed by atoms with Gasteiger partial charge in [-0.15, -0.1) is 11.8 Å². The van der Waals surface area contributed by atoms with Gasteiger partial charge < -0.3 is 20.4 Å². The molecule has 2 aromatic carbocycles. The summed E-state index contributed by atoms with van der Waals surface area (Å²) in [6.45, 7) is 6.70. The van der Waals surface area contributed by atoms with Gasteiger partial charge >= 0.3 is 20.4 Å². The molecule has 0 radical (unpaired) electrons. The molecule has 2 nitrogen and oxygen atoms in total. The largest absolute Gasteiger partial charge is 2.00 e. The summed E-state index contributed by atoms with van der Waals surface area (Å²) in [6.07, 6.45) is 37.7. The number of allylic oxidation sites excluding steroid dienone is 2. The van der Waals surface area contributed by atoms with E-state index in [0.29, 0.717) is 0 Å². The first-order valence-electron chi connectivity index (χ1n) is 21.3. The minimum absolute atomic E-state index is 0. The van der Waals surface area contributed by atoms with Gasteiger partial charge in [-0.1, -0.05) is 180 Å². The van der Waals surface area contributed by atoms with Crippen molar-refractivity contribution in [1.82, 2.24) is 0 Å². The van der Waals surface area contributed by atoms with Crippen molar-refractivity contribution in [3.63, 3.8) is 0 Å². The Morgan fingerprint density at radius 2 is 1.00 bits per heavy atom. The van der Waals surface area contributed by atoms with Crippen LogP contribution in [0.5, 0.6) is 0 Å². The summed E-state index contributed by atoms with van der Waals surface area (Å²) in [6, 6.07) is 17.3. The number of rotatable bonds is 28. The maximum Gasteiger partial charge on any atom is 2.00 e. The molecular formula is C50H78N2Pd. The van der Waals surface area contributed by atoms with Gasteiger partial charge in [0.1, 0.15) is 0 Å². The third-order valence-corrected chi connectivity index (χ3v) is 10.6. The predicted octanol–water partition coefficient (Wildman–Crippen LogP) is 16.3. The number of nitrogens with zero attached hydrogens (tertiary/aromatic N) is 2. The molecular weight excluding hydrogens is 735 g/mol. The molecule has 0 spiro atoms. The van der Waals surface area contributed by atoms with E-state index in [2.05, 4.69) is 87.2 Å². The van der Waals surface area contributed by atoms with Crippen molar-refractivity contribution >= 4 is 11.4 Å². The summed E-state index contributed by atoms with van der Waals surface area (Å²) >= 11 is 0. The van der Waals surface area contributed by atoms with Gasteiger partial charge in [-0.2, -0.15) is 0 Å². The molecule has 53 heavy (non-hydrogen) atoms.